The number of aromatic nitrogens is 5. The first-order valence-corrected chi connectivity index (χ1v) is 10.8. The van der Waals surface area contributed by atoms with Gasteiger partial charge in [-0.05, 0) is 19.1 Å². The summed E-state index contributed by atoms with van der Waals surface area (Å²) in [4.78, 5) is 31.9. The van der Waals surface area contributed by atoms with Gasteiger partial charge in [-0.15, -0.1) is 0 Å². The van der Waals surface area contributed by atoms with E-state index in [-0.39, 0.29) is 22.5 Å². The van der Waals surface area contributed by atoms with E-state index in [0.29, 0.717) is 17.0 Å². The van der Waals surface area contributed by atoms with E-state index >= 15 is 0 Å². The van der Waals surface area contributed by atoms with Crippen molar-refractivity contribution in [2.45, 2.75) is 38.3 Å². The average Bonchev–Trinajstić information content (AvgIpc) is 2.82. The van der Waals surface area contributed by atoms with Crippen molar-refractivity contribution in [1.29, 1.82) is 0 Å². The zero-order valence-corrected chi connectivity index (χ0v) is 19.3. The van der Waals surface area contributed by atoms with Crippen LogP contribution in [-0.2, 0) is 12.7 Å². The second-order valence-corrected chi connectivity index (χ2v) is 8.27. The van der Waals surface area contributed by atoms with E-state index in [1.807, 2.05) is 0 Å². The van der Waals surface area contributed by atoms with Crippen molar-refractivity contribution in [1.82, 2.24) is 24.7 Å². The molecule has 0 aliphatic rings. The van der Waals surface area contributed by atoms with Crippen LogP contribution in [-0.4, -0.2) is 42.1 Å². The van der Waals surface area contributed by atoms with Gasteiger partial charge in [0.2, 0.25) is 0 Å². The summed E-state index contributed by atoms with van der Waals surface area (Å²) < 4.78 is 89.6. The number of nitrogens with one attached hydrogen (secondary N) is 1. The molecule has 3 heterocycles. The van der Waals surface area contributed by atoms with Crippen LogP contribution in [0.1, 0.15) is 18.9 Å². The Labute approximate surface area is 208 Å². The maximum absolute atomic E-state index is 14.9. The molecule has 2 atom stereocenters. The number of aromatic hydroxyl groups is 1. The van der Waals surface area contributed by atoms with E-state index in [9.17, 15) is 41.0 Å². The van der Waals surface area contributed by atoms with Crippen LogP contribution in [0.2, 0.25) is 0 Å². The van der Waals surface area contributed by atoms with Gasteiger partial charge in [-0.2, -0.15) is 18.3 Å². The molecule has 9 nitrogen and oxygen atoms in total. The molecule has 4 rings (SSSR count). The lowest BCUT2D eigenvalue weighted by Crippen LogP contribution is -2.29. The van der Waals surface area contributed by atoms with E-state index in [0.717, 1.165) is 24.5 Å². The molecular weight excluding hydrogens is 524 g/mol. The molecule has 0 unspecified atom stereocenters. The van der Waals surface area contributed by atoms with Crippen LogP contribution in [0.5, 0.6) is 11.5 Å². The Kier molecular flexibility index (Phi) is 7.11. The highest BCUT2D eigenvalue weighted by Crippen LogP contribution is 2.33. The molecule has 2 N–H and O–H groups in total. The van der Waals surface area contributed by atoms with E-state index in [1.165, 1.54) is 6.92 Å². The smallest absolute Gasteiger partial charge is 0.425 e. The number of H-pyrrole nitrogens is 1. The second-order valence-electron chi connectivity index (χ2n) is 8.27. The predicted octanol–water partition coefficient (Wildman–Crippen LogP) is 3.74. The summed E-state index contributed by atoms with van der Waals surface area (Å²) in [6, 6.07) is 1.76. The lowest BCUT2D eigenvalue weighted by Gasteiger charge is -2.19. The van der Waals surface area contributed by atoms with Crippen LogP contribution >= 0.6 is 0 Å². The normalized spacial score (nSPS) is 13.4. The number of nitrogens with zero attached hydrogens (tertiary/aromatic N) is 4. The van der Waals surface area contributed by atoms with Crippen molar-refractivity contribution in [2.75, 3.05) is 0 Å². The van der Waals surface area contributed by atoms with Gasteiger partial charge in [-0.25, -0.2) is 28.2 Å². The maximum Gasteiger partial charge on any atom is 0.425 e. The standard InChI is InChI=1S/C23H17F6N5O4/c1-10(38-18-7-32-33-21(36)19(18)23(27,28)29)2-11(24)8-34-9-17(26)13-3-15(16(25)4-14(13)22(34)37)20-30-5-12(35)6-31-20/h3-7,9-11,35H,2,8H2,1H3,(H,33,36)/t10-,11-/m0/s1. The monoisotopic (exact) mass is 541 g/mol. The van der Waals surface area contributed by atoms with Crippen LogP contribution in [0, 0.1) is 11.6 Å². The Balaban J connectivity index is 1.56. The largest absolute Gasteiger partial charge is 0.505 e. The fraction of sp³-hybridized carbons (Fsp3) is 0.261. The Hall–Kier alpha value is -4.43. The number of alkyl halides is 4. The Morgan fingerprint density at radius 1 is 1.08 bits per heavy atom. The summed E-state index contributed by atoms with van der Waals surface area (Å²) in [5.74, 6) is -3.31. The second kappa shape index (κ2) is 10.1. The Morgan fingerprint density at radius 3 is 2.42 bits per heavy atom. The molecule has 15 heteroatoms. The highest BCUT2D eigenvalue weighted by molar-refractivity contribution is 5.86. The van der Waals surface area contributed by atoms with E-state index in [4.69, 9.17) is 4.74 Å². The quantitative estimate of drug-likeness (QED) is 0.342. The number of ether oxygens (including phenoxy) is 1. The number of aromatic amines is 1. The molecule has 0 spiro atoms. The van der Waals surface area contributed by atoms with Crippen molar-refractivity contribution in [3.8, 4) is 22.9 Å². The van der Waals surface area contributed by atoms with E-state index in [2.05, 4.69) is 15.1 Å². The predicted molar refractivity (Wildman–Crippen MR) is 120 cm³/mol. The van der Waals surface area contributed by atoms with Gasteiger partial charge in [-0.3, -0.25) is 9.59 Å². The lowest BCUT2D eigenvalue weighted by atomic mass is 10.1. The van der Waals surface area contributed by atoms with Crippen LogP contribution < -0.4 is 15.9 Å². The van der Waals surface area contributed by atoms with Gasteiger partial charge in [0.05, 0.1) is 42.2 Å². The van der Waals surface area contributed by atoms with Gasteiger partial charge < -0.3 is 14.4 Å². The molecule has 0 bridgehead atoms. The summed E-state index contributed by atoms with van der Waals surface area (Å²) in [5, 5.41) is 13.5. The summed E-state index contributed by atoms with van der Waals surface area (Å²) in [6.45, 7) is 0.517. The van der Waals surface area contributed by atoms with Crippen LogP contribution in [0.25, 0.3) is 22.2 Å². The molecule has 200 valence electrons. The third kappa shape index (κ3) is 5.45. The van der Waals surface area contributed by atoms with Crippen molar-refractivity contribution in [3.63, 3.8) is 0 Å². The van der Waals surface area contributed by atoms with Crippen molar-refractivity contribution >= 4 is 10.8 Å². The first kappa shape index (κ1) is 26.6. The molecule has 1 aromatic carbocycles. The van der Waals surface area contributed by atoms with Crippen molar-refractivity contribution < 1.29 is 36.2 Å². The molecule has 4 aromatic rings. The molecule has 0 aliphatic carbocycles. The maximum atomic E-state index is 14.9. The lowest BCUT2D eigenvalue weighted by molar-refractivity contribution is -0.140. The number of fused-ring (bicyclic) bond motifs is 1. The third-order valence-corrected chi connectivity index (χ3v) is 5.42. The molecule has 3 aromatic heterocycles. The zero-order chi connectivity index (χ0) is 27.8. The summed E-state index contributed by atoms with van der Waals surface area (Å²) in [6.07, 6.45) is -5.36. The van der Waals surface area contributed by atoms with Gasteiger partial charge >= 0.3 is 6.18 Å². The third-order valence-electron chi connectivity index (χ3n) is 5.42. The van der Waals surface area contributed by atoms with Crippen molar-refractivity contribution in [2.24, 2.45) is 0 Å². The molecule has 0 saturated carbocycles. The molecule has 38 heavy (non-hydrogen) atoms. The molecular formula is C23H17F6N5O4. The Bertz CT molecular complexity index is 1600. The molecule has 0 aliphatic heterocycles. The fourth-order valence-electron chi connectivity index (χ4n) is 3.79. The fourth-order valence-corrected chi connectivity index (χ4v) is 3.79. The first-order valence-electron chi connectivity index (χ1n) is 10.8. The number of halogens is 6. The van der Waals surface area contributed by atoms with Gasteiger partial charge in [0, 0.05) is 18.0 Å². The minimum absolute atomic E-state index is 0.173. The summed E-state index contributed by atoms with van der Waals surface area (Å²) >= 11 is 0. The highest BCUT2D eigenvalue weighted by atomic mass is 19.4. The average molecular weight is 541 g/mol. The molecule has 0 radical (unpaired) electrons. The number of hydrogen-bond donors (Lipinski definition) is 2. The number of pyridine rings is 1. The van der Waals surface area contributed by atoms with Crippen LogP contribution in [0.3, 0.4) is 0 Å². The number of benzene rings is 1. The molecule has 0 amide bonds. The van der Waals surface area contributed by atoms with E-state index < -0.39 is 70.9 Å². The minimum atomic E-state index is -5.06. The van der Waals surface area contributed by atoms with E-state index in [1.54, 1.807) is 5.10 Å². The zero-order valence-electron chi connectivity index (χ0n) is 19.3. The van der Waals surface area contributed by atoms with Gasteiger partial charge in [0.1, 0.15) is 17.8 Å². The van der Waals surface area contributed by atoms with Crippen LogP contribution in [0.4, 0.5) is 26.3 Å². The first-order chi connectivity index (χ1) is 17.8. The van der Waals surface area contributed by atoms with Gasteiger partial charge in [0.15, 0.2) is 22.9 Å². The molecule has 0 fully saturated rings. The number of hydrogen-bond acceptors (Lipinski definition) is 7. The number of rotatable bonds is 7. The summed E-state index contributed by atoms with van der Waals surface area (Å²) in [7, 11) is 0. The van der Waals surface area contributed by atoms with Crippen molar-refractivity contribution in [3.05, 3.63) is 74.8 Å². The van der Waals surface area contributed by atoms with Crippen LogP contribution in [0.15, 0.2) is 46.5 Å². The minimum Gasteiger partial charge on any atom is -0.505 e. The van der Waals surface area contributed by atoms with Gasteiger partial charge in [0.25, 0.3) is 11.1 Å². The highest BCUT2D eigenvalue weighted by Gasteiger charge is 2.38. The Morgan fingerprint density at radius 2 is 1.76 bits per heavy atom. The topological polar surface area (TPSA) is 123 Å². The SMILES string of the molecule is C[C@@H](C[C@H](F)Cn1cc(F)c2cc(-c3ncc(O)cn3)c(F)cc2c1=O)Oc1cn[nH]c(=O)c1C(F)(F)F. The van der Waals surface area contributed by atoms with Gasteiger partial charge in [-0.1, -0.05) is 0 Å². The molecule has 0 saturated heterocycles. The summed E-state index contributed by atoms with van der Waals surface area (Å²) in [5.41, 5.74) is -4.34.